The standard InChI is InChI=1S/C50H30O/c1-3-14-37-31(11-1)13-9-21-40(37)48-43-18-7-5-16-41(43)47(42-17-6-8-19-44(42)48)36-26-24-33-29-35(25-23-34(33)30-36)39-20-10-22-45-50(39)49-38-15-4-2-12-32(38)27-28-46(49)51-45/h1-30H/i1D,3D,5D,6D,7D,8D,9D,11D,13D,14D,16D,17D,18D,19D,21D. The first-order valence-corrected chi connectivity index (χ1v) is 16.4. The van der Waals surface area contributed by atoms with Crippen molar-refractivity contribution in [1.82, 2.24) is 0 Å². The SMILES string of the molecule is [2H]c1c([2H])c([2H])c2c(-c3c4c([2H])c([2H])c([2H])c([2H])c4c(-c4ccc5cc(-c6cccc7oc8ccc9ccccc9c8c67)ccc5c4)c4c([2H])c([2H])c([2H])c([2H])c34)c([2H])c([2H])c([2H])c2c1[2H]. The Morgan fingerprint density at radius 2 is 0.961 bits per heavy atom. The molecule has 0 aliphatic heterocycles. The van der Waals surface area contributed by atoms with Crippen molar-refractivity contribution in [3.8, 4) is 33.4 Å². The van der Waals surface area contributed by atoms with Crippen molar-refractivity contribution in [3.05, 3.63) is 182 Å². The predicted molar refractivity (Wildman–Crippen MR) is 218 cm³/mol. The number of hydrogen-bond acceptors (Lipinski definition) is 1. The smallest absolute Gasteiger partial charge is 0.136 e. The van der Waals surface area contributed by atoms with E-state index in [4.69, 9.17) is 18.1 Å². The molecule has 236 valence electrons. The predicted octanol–water partition coefficient (Wildman–Crippen LogP) is 14.4. The molecule has 0 unspecified atom stereocenters. The molecule has 1 aromatic heterocycles. The lowest BCUT2D eigenvalue weighted by Gasteiger charge is -2.19. The van der Waals surface area contributed by atoms with E-state index < -0.39 is 107 Å². The lowest BCUT2D eigenvalue weighted by Crippen LogP contribution is -1.91. The van der Waals surface area contributed by atoms with Gasteiger partial charge in [-0.15, -0.1) is 0 Å². The van der Waals surface area contributed by atoms with Crippen LogP contribution in [-0.4, -0.2) is 0 Å². The van der Waals surface area contributed by atoms with Crippen molar-refractivity contribution in [2.75, 3.05) is 0 Å². The zero-order valence-electron chi connectivity index (χ0n) is 41.6. The van der Waals surface area contributed by atoms with E-state index in [0.29, 0.717) is 10.9 Å². The molecule has 0 aliphatic rings. The van der Waals surface area contributed by atoms with Gasteiger partial charge in [0, 0.05) is 10.8 Å². The van der Waals surface area contributed by atoms with Crippen LogP contribution in [-0.2, 0) is 0 Å². The van der Waals surface area contributed by atoms with Gasteiger partial charge in [-0.1, -0.05) is 157 Å². The number of furan rings is 1. The normalized spacial score (nSPS) is 16.0. The van der Waals surface area contributed by atoms with Crippen molar-refractivity contribution in [2.24, 2.45) is 0 Å². The maximum Gasteiger partial charge on any atom is 0.136 e. The van der Waals surface area contributed by atoms with Gasteiger partial charge < -0.3 is 4.42 Å². The second-order valence-corrected chi connectivity index (χ2v) is 12.5. The van der Waals surface area contributed by atoms with Gasteiger partial charge in [0.1, 0.15) is 11.2 Å². The Balaban J connectivity index is 1.26. The molecule has 1 heterocycles. The minimum atomic E-state index is -0.756. The summed E-state index contributed by atoms with van der Waals surface area (Å²) in [5, 5.41) is 3.78. The fourth-order valence-electron chi connectivity index (χ4n) is 7.56. The van der Waals surface area contributed by atoms with E-state index in [0.717, 1.165) is 49.2 Å². The third kappa shape index (κ3) is 4.22. The Labute approximate surface area is 315 Å². The van der Waals surface area contributed by atoms with Crippen molar-refractivity contribution in [3.63, 3.8) is 0 Å². The molecule has 0 N–H and O–H groups in total. The third-order valence-corrected chi connectivity index (χ3v) is 9.76. The second kappa shape index (κ2) is 10.9. The summed E-state index contributed by atoms with van der Waals surface area (Å²) < 4.78 is 141. The molecule has 0 amide bonds. The van der Waals surface area contributed by atoms with E-state index in [2.05, 4.69) is 12.1 Å². The lowest BCUT2D eigenvalue weighted by molar-refractivity contribution is 0.669. The van der Waals surface area contributed by atoms with Crippen LogP contribution in [0.3, 0.4) is 0 Å². The van der Waals surface area contributed by atoms with Crippen LogP contribution >= 0.6 is 0 Å². The summed E-state index contributed by atoms with van der Waals surface area (Å²) in [7, 11) is 0. The number of rotatable bonds is 3. The van der Waals surface area contributed by atoms with Gasteiger partial charge in [0.25, 0.3) is 0 Å². The Kier molecular flexibility index (Phi) is 3.70. The van der Waals surface area contributed by atoms with E-state index in [1.807, 2.05) is 66.7 Å². The summed E-state index contributed by atoms with van der Waals surface area (Å²) in [5.41, 5.74) is 2.90. The summed E-state index contributed by atoms with van der Waals surface area (Å²) >= 11 is 0. The summed E-state index contributed by atoms with van der Waals surface area (Å²) in [6.07, 6.45) is 0. The largest absolute Gasteiger partial charge is 0.456 e. The molecule has 1 nitrogen and oxygen atoms in total. The lowest BCUT2D eigenvalue weighted by atomic mass is 9.84. The van der Waals surface area contributed by atoms with Crippen molar-refractivity contribution in [2.45, 2.75) is 0 Å². The van der Waals surface area contributed by atoms with E-state index in [1.165, 1.54) is 0 Å². The molecule has 0 aliphatic carbocycles. The summed E-state index contributed by atoms with van der Waals surface area (Å²) in [5.74, 6) is 0. The minimum absolute atomic E-state index is 0.0381. The summed E-state index contributed by atoms with van der Waals surface area (Å²) in [4.78, 5) is 0. The van der Waals surface area contributed by atoms with E-state index in [9.17, 15) is 6.85 Å². The molecule has 0 saturated heterocycles. The van der Waals surface area contributed by atoms with Gasteiger partial charge in [0.15, 0.2) is 0 Å². The average molecular weight is 662 g/mol. The monoisotopic (exact) mass is 661 g/mol. The Morgan fingerprint density at radius 3 is 1.75 bits per heavy atom. The molecule has 0 spiro atoms. The van der Waals surface area contributed by atoms with Gasteiger partial charge in [0.05, 0.1) is 20.6 Å². The van der Waals surface area contributed by atoms with Crippen LogP contribution < -0.4 is 0 Å². The molecule has 51 heavy (non-hydrogen) atoms. The maximum atomic E-state index is 9.42. The van der Waals surface area contributed by atoms with E-state index >= 15 is 0 Å². The van der Waals surface area contributed by atoms with Crippen LogP contribution in [0.5, 0.6) is 0 Å². The highest BCUT2D eigenvalue weighted by Gasteiger charge is 2.19. The Hall–Kier alpha value is -6.70. The van der Waals surface area contributed by atoms with Crippen LogP contribution in [0.1, 0.15) is 20.6 Å². The van der Waals surface area contributed by atoms with E-state index in [-0.39, 0.29) is 32.7 Å². The minimum Gasteiger partial charge on any atom is -0.456 e. The van der Waals surface area contributed by atoms with Gasteiger partial charge in [-0.25, -0.2) is 0 Å². The average Bonchev–Trinajstić information content (AvgIpc) is 3.72. The van der Waals surface area contributed by atoms with Crippen LogP contribution in [0.4, 0.5) is 0 Å². The molecule has 0 atom stereocenters. The molecule has 10 aromatic carbocycles. The molecule has 11 rings (SSSR count). The highest BCUT2D eigenvalue weighted by Crippen LogP contribution is 2.46. The van der Waals surface area contributed by atoms with Gasteiger partial charge in [-0.05, 0) is 112 Å². The van der Waals surface area contributed by atoms with Crippen LogP contribution in [0.15, 0.2) is 186 Å². The first-order valence-electron chi connectivity index (χ1n) is 23.9. The first kappa shape index (κ1) is 17.3. The maximum absolute atomic E-state index is 9.42. The molecule has 11 aromatic rings. The molecule has 0 fully saturated rings. The fourth-order valence-corrected chi connectivity index (χ4v) is 7.56. The topological polar surface area (TPSA) is 13.1 Å². The summed E-state index contributed by atoms with van der Waals surface area (Å²) in [6.45, 7) is 0. The van der Waals surface area contributed by atoms with Crippen molar-refractivity contribution in [1.29, 1.82) is 0 Å². The molecular weight excluding hydrogens is 617 g/mol. The van der Waals surface area contributed by atoms with E-state index in [1.54, 1.807) is 12.1 Å². The quantitative estimate of drug-likeness (QED) is 0.172. The molecular formula is C50H30O. The van der Waals surface area contributed by atoms with Crippen LogP contribution in [0.2, 0.25) is 0 Å². The number of fused-ring (bicyclic) bond motifs is 9. The zero-order valence-corrected chi connectivity index (χ0v) is 26.6. The Bertz CT molecular complexity index is 3970. The molecule has 0 saturated carbocycles. The third-order valence-electron chi connectivity index (χ3n) is 9.76. The molecule has 1 heteroatoms. The second-order valence-electron chi connectivity index (χ2n) is 12.5. The van der Waals surface area contributed by atoms with Crippen molar-refractivity contribution < 1.29 is 25.0 Å². The highest BCUT2D eigenvalue weighted by molar-refractivity contribution is 6.25. The van der Waals surface area contributed by atoms with Gasteiger partial charge >= 0.3 is 0 Å². The number of hydrogen-bond donors (Lipinski definition) is 0. The Morgan fingerprint density at radius 1 is 0.353 bits per heavy atom. The van der Waals surface area contributed by atoms with Crippen LogP contribution in [0.25, 0.3) is 109 Å². The van der Waals surface area contributed by atoms with Gasteiger partial charge in [0.2, 0.25) is 0 Å². The summed E-state index contributed by atoms with van der Waals surface area (Å²) in [6, 6.07) is 19.1. The fraction of sp³-hybridized carbons (Fsp3) is 0. The first-order chi connectivity index (χ1) is 31.5. The molecule has 0 radical (unpaired) electrons. The zero-order chi connectivity index (χ0) is 46.5. The highest BCUT2D eigenvalue weighted by atomic mass is 16.3. The molecule has 0 bridgehead atoms. The van der Waals surface area contributed by atoms with Gasteiger partial charge in [-0.2, -0.15) is 0 Å². The van der Waals surface area contributed by atoms with Crippen molar-refractivity contribution >= 4 is 75.8 Å². The van der Waals surface area contributed by atoms with Crippen LogP contribution in [0, 0.1) is 0 Å². The van der Waals surface area contributed by atoms with Gasteiger partial charge in [-0.3, -0.25) is 0 Å². The number of benzene rings is 10.